The van der Waals surface area contributed by atoms with Crippen molar-refractivity contribution in [2.24, 2.45) is 0 Å². The third kappa shape index (κ3) is 3.69. The lowest BCUT2D eigenvalue weighted by Crippen LogP contribution is -2.01. The molecule has 0 bridgehead atoms. The zero-order chi connectivity index (χ0) is 23.8. The summed E-state index contributed by atoms with van der Waals surface area (Å²) < 4.78 is 2.40. The van der Waals surface area contributed by atoms with E-state index >= 15 is 0 Å². The Hall–Kier alpha value is -3.65. The van der Waals surface area contributed by atoms with E-state index in [9.17, 15) is 0 Å². The Morgan fingerprint density at radius 2 is 1.71 bits per heavy atom. The second-order valence-corrected chi connectivity index (χ2v) is 9.74. The van der Waals surface area contributed by atoms with E-state index in [0.717, 1.165) is 24.9 Å². The second kappa shape index (κ2) is 9.19. The quantitative estimate of drug-likeness (QED) is 0.241. The Balaban J connectivity index is 1.74. The van der Waals surface area contributed by atoms with Crippen LogP contribution < -0.4 is 0 Å². The van der Waals surface area contributed by atoms with Gasteiger partial charge in [-0.2, -0.15) is 0 Å². The number of imidazole rings is 1. The van der Waals surface area contributed by atoms with Crippen molar-refractivity contribution in [2.75, 3.05) is 0 Å². The van der Waals surface area contributed by atoms with E-state index in [2.05, 4.69) is 103 Å². The van der Waals surface area contributed by atoms with E-state index in [1.807, 2.05) is 0 Å². The monoisotopic (exact) mass is 456 g/mol. The second-order valence-electron chi connectivity index (χ2n) is 9.74. The van der Waals surface area contributed by atoms with Crippen LogP contribution in [0.2, 0.25) is 0 Å². The molecular weight excluding hydrogens is 424 g/mol. The van der Waals surface area contributed by atoms with Gasteiger partial charge in [-0.1, -0.05) is 86.2 Å². The lowest BCUT2D eigenvalue weighted by atomic mass is 9.86. The molecule has 0 fully saturated rings. The molecule has 1 aliphatic carbocycles. The summed E-state index contributed by atoms with van der Waals surface area (Å²) in [5.74, 6) is 0. The molecule has 0 unspecified atom stereocenters. The van der Waals surface area contributed by atoms with Crippen LogP contribution in [-0.4, -0.2) is 9.38 Å². The Morgan fingerprint density at radius 1 is 0.914 bits per heavy atom. The van der Waals surface area contributed by atoms with Crippen LogP contribution in [0.15, 0.2) is 85.1 Å². The summed E-state index contributed by atoms with van der Waals surface area (Å²) in [7, 11) is 0. The summed E-state index contributed by atoms with van der Waals surface area (Å²) in [6.07, 6.45) is 14.1. The summed E-state index contributed by atoms with van der Waals surface area (Å²) >= 11 is 0. The molecule has 0 N–H and O–H groups in total. The van der Waals surface area contributed by atoms with Crippen molar-refractivity contribution < 1.29 is 0 Å². The minimum atomic E-state index is 1.03. The number of nitrogens with zero attached hydrogens (tertiary/aromatic N) is 2. The summed E-state index contributed by atoms with van der Waals surface area (Å²) in [5.41, 5.74) is 10.3. The number of allylic oxidation sites excluding steroid dienone is 4. The molecule has 1 aliphatic rings. The van der Waals surface area contributed by atoms with Crippen molar-refractivity contribution in [1.29, 1.82) is 0 Å². The normalized spacial score (nSPS) is 14.7. The molecule has 0 atom stereocenters. The van der Waals surface area contributed by atoms with Gasteiger partial charge in [-0.05, 0) is 72.8 Å². The van der Waals surface area contributed by atoms with Crippen LogP contribution in [0.5, 0.6) is 0 Å². The first-order valence-electron chi connectivity index (χ1n) is 13.0. The highest BCUT2D eigenvalue weighted by atomic mass is 15.0. The van der Waals surface area contributed by atoms with Gasteiger partial charge in [0.15, 0.2) is 0 Å². The van der Waals surface area contributed by atoms with Crippen LogP contribution in [0.1, 0.15) is 63.5 Å². The van der Waals surface area contributed by atoms with Crippen LogP contribution in [0.4, 0.5) is 0 Å². The van der Waals surface area contributed by atoms with Crippen LogP contribution >= 0.6 is 0 Å². The fourth-order valence-corrected chi connectivity index (χ4v) is 5.75. The van der Waals surface area contributed by atoms with Gasteiger partial charge in [0, 0.05) is 16.3 Å². The van der Waals surface area contributed by atoms with Gasteiger partial charge in [-0.3, -0.25) is 4.40 Å². The number of para-hydroxylation sites is 1. The van der Waals surface area contributed by atoms with E-state index in [1.54, 1.807) is 0 Å². The highest BCUT2D eigenvalue weighted by Gasteiger charge is 2.21. The van der Waals surface area contributed by atoms with Gasteiger partial charge in [0.2, 0.25) is 0 Å². The fourth-order valence-electron chi connectivity index (χ4n) is 5.75. The molecule has 6 rings (SSSR count). The van der Waals surface area contributed by atoms with Crippen LogP contribution in [0.25, 0.3) is 49.7 Å². The standard InChI is InChI=1S/C33H32N2/c1-3-4-13-23(2)25-19-12-20-26(24-14-6-5-7-15-24)32(25)31-22-34-33-29-18-9-8-16-27(29)28-17-10-11-21-30(28)35(31)33/h8-14,16-22H,3-7,15H2,1-2H3/b23-13+. The predicted molar refractivity (Wildman–Crippen MR) is 151 cm³/mol. The average molecular weight is 457 g/mol. The van der Waals surface area contributed by atoms with Crippen molar-refractivity contribution in [1.82, 2.24) is 9.38 Å². The topological polar surface area (TPSA) is 17.3 Å². The lowest BCUT2D eigenvalue weighted by molar-refractivity contribution is 0.742. The van der Waals surface area contributed by atoms with Crippen molar-refractivity contribution in [3.63, 3.8) is 0 Å². The largest absolute Gasteiger partial charge is 0.292 e. The van der Waals surface area contributed by atoms with Gasteiger partial charge in [-0.25, -0.2) is 4.98 Å². The van der Waals surface area contributed by atoms with Crippen LogP contribution in [0.3, 0.4) is 0 Å². The molecule has 0 saturated heterocycles. The first kappa shape index (κ1) is 21.9. The van der Waals surface area contributed by atoms with Gasteiger partial charge in [0.25, 0.3) is 0 Å². The molecule has 2 nitrogen and oxygen atoms in total. The molecule has 0 amide bonds. The first-order valence-corrected chi connectivity index (χ1v) is 13.0. The van der Waals surface area contributed by atoms with E-state index in [1.165, 1.54) is 74.5 Å². The fraction of sp³-hybridized carbons (Fsp3) is 0.242. The number of aromatic nitrogens is 2. The first-order chi connectivity index (χ1) is 17.3. The number of benzene rings is 3. The molecule has 2 aromatic heterocycles. The minimum Gasteiger partial charge on any atom is -0.292 e. The predicted octanol–water partition coefficient (Wildman–Crippen LogP) is 9.47. The number of fused-ring (bicyclic) bond motifs is 6. The zero-order valence-electron chi connectivity index (χ0n) is 20.7. The number of rotatable bonds is 5. The Bertz CT molecular complexity index is 1610. The smallest absolute Gasteiger partial charge is 0.145 e. The number of unbranched alkanes of at least 4 members (excludes halogenated alkanes) is 1. The minimum absolute atomic E-state index is 1.03. The average Bonchev–Trinajstić information content (AvgIpc) is 3.37. The number of hydrogen-bond acceptors (Lipinski definition) is 1. The molecule has 0 saturated carbocycles. The molecule has 3 aromatic carbocycles. The Kier molecular flexibility index (Phi) is 5.74. The molecule has 0 aliphatic heterocycles. The lowest BCUT2D eigenvalue weighted by Gasteiger charge is -2.21. The summed E-state index contributed by atoms with van der Waals surface area (Å²) in [6.45, 7) is 4.51. The zero-order valence-corrected chi connectivity index (χ0v) is 20.7. The summed E-state index contributed by atoms with van der Waals surface area (Å²) in [6, 6.07) is 24.3. The van der Waals surface area contributed by atoms with Crippen molar-refractivity contribution in [3.05, 3.63) is 96.2 Å². The summed E-state index contributed by atoms with van der Waals surface area (Å²) in [4.78, 5) is 5.05. The van der Waals surface area contributed by atoms with E-state index in [0.29, 0.717) is 0 Å². The molecule has 2 heterocycles. The third-order valence-corrected chi connectivity index (χ3v) is 7.49. The van der Waals surface area contributed by atoms with E-state index < -0.39 is 0 Å². The molecule has 35 heavy (non-hydrogen) atoms. The molecule has 174 valence electrons. The Labute approximate surface area is 207 Å². The number of hydrogen-bond donors (Lipinski definition) is 0. The van der Waals surface area contributed by atoms with Gasteiger partial charge < -0.3 is 0 Å². The maximum atomic E-state index is 5.05. The van der Waals surface area contributed by atoms with Crippen molar-refractivity contribution in [2.45, 2.75) is 52.4 Å². The third-order valence-electron chi connectivity index (χ3n) is 7.49. The van der Waals surface area contributed by atoms with E-state index in [4.69, 9.17) is 4.98 Å². The molecular formula is C33H32N2. The van der Waals surface area contributed by atoms with Gasteiger partial charge in [0.05, 0.1) is 17.4 Å². The van der Waals surface area contributed by atoms with Crippen molar-refractivity contribution in [3.8, 4) is 11.3 Å². The highest BCUT2D eigenvalue weighted by molar-refractivity contribution is 6.12. The summed E-state index contributed by atoms with van der Waals surface area (Å²) in [5, 5.41) is 3.73. The van der Waals surface area contributed by atoms with Crippen LogP contribution in [0, 0.1) is 0 Å². The van der Waals surface area contributed by atoms with Crippen LogP contribution in [-0.2, 0) is 0 Å². The SMILES string of the molecule is CCC/C=C(\C)c1cccc(C2=CCCCC2)c1-c1cnc2c3ccccc3c3ccccc3n12. The molecule has 2 heteroatoms. The number of pyridine rings is 1. The van der Waals surface area contributed by atoms with Gasteiger partial charge >= 0.3 is 0 Å². The van der Waals surface area contributed by atoms with Gasteiger partial charge in [-0.15, -0.1) is 0 Å². The molecule has 5 aromatic rings. The maximum Gasteiger partial charge on any atom is 0.145 e. The van der Waals surface area contributed by atoms with Gasteiger partial charge in [0.1, 0.15) is 5.65 Å². The molecule has 0 spiro atoms. The molecule has 0 radical (unpaired) electrons. The Morgan fingerprint density at radius 3 is 2.51 bits per heavy atom. The maximum absolute atomic E-state index is 5.05. The van der Waals surface area contributed by atoms with E-state index in [-0.39, 0.29) is 0 Å². The van der Waals surface area contributed by atoms with Crippen molar-refractivity contribution >= 4 is 38.5 Å². The highest BCUT2D eigenvalue weighted by Crippen LogP contribution is 2.41.